The fourth-order valence-corrected chi connectivity index (χ4v) is 4.29. The van der Waals surface area contributed by atoms with Crippen molar-refractivity contribution in [2.24, 2.45) is 0 Å². The summed E-state index contributed by atoms with van der Waals surface area (Å²) >= 11 is 3.14. The quantitative estimate of drug-likeness (QED) is 0.773. The molecular weight excluding hydrogens is 437 g/mol. The van der Waals surface area contributed by atoms with E-state index >= 15 is 0 Å². The number of nitrogens with zero attached hydrogens (tertiary/aromatic N) is 3. The number of aromatic nitrogens is 2. The van der Waals surface area contributed by atoms with Crippen molar-refractivity contribution in [1.82, 2.24) is 14.3 Å². The Balaban J connectivity index is 1.77. The van der Waals surface area contributed by atoms with E-state index in [1.807, 2.05) is 0 Å². The van der Waals surface area contributed by atoms with E-state index in [0.29, 0.717) is 37.4 Å². The molecule has 1 saturated heterocycles. The summed E-state index contributed by atoms with van der Waals surface area (Å²) in [5, 5.41) is 3.41. The molecule has 2 heterocycles. The summed E-state index contributed by atoms with van der Waals surface area (Å²) in [5.74, 6) is 0.302. The Kier molecular flexibility index (Phi) is 5.15. The molecule has 0 saturated carbocycles. The molecule has 0 aliphatic carbocycles. The molecule has 0 amide bonds. The Morgan fingerprint density at radius 1 is 1.27 bits per heavy atom. The number of halogens is 4. The fourth-order valence-electron chi connectivity index (χ4n) is 2.85. The maximum atomic E-state index is 12.9. The predicted molar refractivity (Wildman–Crippen MR) is 95.3 cm³/mol. The number of hydrogen-bond acceptors (Lipinski definition) is 5. The van der Waals surface area contributed by atoms with Crippen molar-refractivity contribution in [2.75, 3.05) is 24.7 Å². The summed E-state index contributed by atoms with van der Waals surface area (Å²) in [6.07, 6.45) is -0.719. The molecule has 1 aliphatic heterocycles. The van der Waals surface area contributed by atoms with E-state index in [9.17, 15) is 21.6 Å². The SMILES string of the molecule is CS(=O)(=O)N1CCC(Nc2ncc3cc(C(F)(F)F)cc(Br)c3n2)CC1. The van der Waals surface area contributed by atoms with E-state index in [-0.39, 0.29) is 15.9 Å². The number of rotatable bonds is 3. The van der Waals surface area contributed by atoms with Crippen molar-refractivity contribution >= 4 is 42.8 Å². The number of benzene rings is 1. The number of hydrogen-bond donors (Lipinski definition) is 1. The average Bonchev–Trinajstić information content (AvgIpc) is 2.54. The van der Waals surface area contributed by atoms with Gasteiger partial charge >= 0.3 is 6.18 Å². The van der Waals surface area contributed by atoms with Gasteiger partial charge < -0.3 is 5.32 Å². The Morgan fingerprint density at radius 2 is 1.92 bits per heavy atom. The van der Waals surface area contributed by atoms with E-state index in [4.69, 9.17) is 0 Å². The van der Waals surface area contributed by atoms with Gasteiger partial charge in [-0.3, -0.25) is 0 Å². The lowest BCUT2D eigenvalue weighted by atomic mass is 10.1. The van der Waals surface area contributed by atoms with Crippen LogP contribution < -0.4 is 5.32 Å². The van der Waals surface area contributed by atoms with Crippen LogP contribution in [0.4, 0.5) is 19.1 Å². The summed E-state index contributed by atoms with van der Waals surface area (Å²) in [6.45, 7) is 0.811. The Hall–Kier alpha value is -1.46. The van der Waals surface area contributed by atoms with Gasteiger partial charge in [-0.15, -0.1) is 0 Å². The lowest BCUT2D eigenvalue weighted by Crippen LogP contribution is -2.42. The van der Waals surface area contributed by atoms with Gasteiger partial charge in [0.15, 0.2) is 0 Å². The van der Waals surface area contributed by atoms with Crippen molar-refractivity contribution in [3.8, 4) is 0 Å². The Morgan fingerprint density at radius 3 is 2.50 bits per heavy atom. The van der Waals surface area contributed by atoms with E-state index in [2.05, 4.69) is 31.2 Å². The van der Waals surface area contributed by atoms with Gasteiger partial charge in [0.05, 0.1) is 17.3 Å². The van der Waals surface area contributed by atoms with Gasteiger partial charge in [0, 0.05) is 35.2 Å². The third-order valence-electron chi connectivity index (χ3n) is 4.22. The second-order valence-corrected chi connectivity index (χ2v) is 9.00. The number of fused-ring (bicyclic) bond motifs is 1. The van der Waals surface area contributed by atoms with Gasteiger partial charge in [0.1, 0.15) is 0 Å². The highest BCUT2D eigenvalue weighted by Gasteiger charge is 2.31. The van der Waals surface area contributed by atoms with Crippen LogP contribution in [0.3, 0.4) is 0 Å². The van der Waals surface area contributed by atoms with Crippen LogP contribution in [-0.4, -0.2) is 48.1 Å². The number of alkyl halides is 3. The molecule has 1 N–H and O–H groups in total. The summed E-state index contributed by atoms with van der Waals surface area (Å²) < 4.78 is 63.3. The zero-order valence-electron chi connectivity index (χ0n) is 13.7. The minimum absolute atomic E-state index is 0.00123. The number of anilines is 1. The van der Waals surface area contributed by atoms with Crippen LogP contribution in [0.25, 0.3) is 10.9 Å². The molecule has 0 spiro atoms. The van der Waals surface area contributed by atoms with Crippen LogP contribution in [-0.2, 0) is 16.2 Å². The van der Waals surface area contributed by atoms with E-state index < -0.39 is 21.8 Å². The van der Waals surface area contributed by atoms with Gasteiger partial charge in [-0.05, 0) is 40.9 Å². The van der Waals surface area contributed by atoms with Crippen molar-refractivity contribution < 1.29 is 21.6 Å². The summed E-state index contributed by atoms with van der Waals surface area (Å²) in [5.41, 5.74) is -0.390. The van der Waals surface area contributed by atoms with E-state index in [1.165, 1.54) is 16.8 Å². The smallest absolute Gasteiger partial charge is 0.351 e. The summed E-state index contributed by atoms with van der Waals surface area (Å²) in [7, 11) is -3.20. The molecule has 1 aliphatic rings. The molecule has 0 bridgehead atoms. The van der Waals surface area contributed by atoms with Gasteiger partial charge in [-0.1, -0.05) is 0 Å². The summed E-state index contributed by atoms with van der Waals surface area (Å²) in [4.78, 5) is 8.38. The van der Waals surface area contributed by atoms with Crippen LogP contribution in [0.2, 0.25) is 0 Å². The average molecular weight is 453 g/mol. The highest BCUT2D eigenvalue weighted by Crippen LogP contribution is 2.34. The van der Waals surface area contributed by atoms with Crippen LogP contribution in [0, 0.1) is 0 Å². The van der Waals surface area contributed by atoms with Crippen LogP contribution in [0.15, 0.2) is 22.8 Å². The maximum Gasteiger partial charge on any atom is 0.416 e. The first-order valence-electron chi connectivity index (χ1n) is 7.79. The zero-order valence-corrected chi connectivity index (χ0v) is 16.1. The van der Waals surface area contributed by atoms with Crippen LogP contribution in [0.1, 0.15) is 18.4 Å². The standard InChI is InChI=1S/C15H16BrF3N4O2S/c1-26(24,25)23-4-2-11(3-5-23)21-14-20-8-9-6-10(15(17,18)19)7-12(16)13(9)22-14/h6-8,11H,2-5H2,1H3,(H,20,21,22). The first-order valence-corrected chi connectivity index (χ1v) is 10.4. The third kappa shape index (κ3) is 4.26. The molecule has 2 aromatic rings. The highest BCUT2D eigenvalue weighted by molar-refractivity contribution is 9.10. The monoisotopic (exact) mass is 452 g/mol. The van der Waals surface area contributed by atoms with Gasteiger partial charge in [0.25, 0.3) is 0 Å². The summed E-state index contributed by atoms with van der Waals surface area (Å²) in [6, 6.07) is 2.00. The van der Waals surface area contributed by atoms with E-state index in [0.717, 1.165) is 12.1 Å². The van der Waals surface area contributed by atoms with Crippen molar-refractivity contribution in [3.63, 3.8) is 0 Å². The minimum atomic E-state index is -4.44. The van der Waals surface area contributed by atoms with Crippen molar-refractivity contribution in [1.29, 1.82) is 0 Å². The normalized spacial score (nSPS) is 17.6. The highest BCUT2D eigenvalue weighted by atomic mass is 79.9. The largest absolute Gasteiger partial charge is 0.416 e. The van der Waals surface area contributed by atoms with Crippen molar-refractivity contribution in [2.45, 2.75) is 25.1 Å². The fraction of sp³-hybridized carbons (Fsp3) is 0.467. The number of piperidine rings is 1. The third-order valence-corrected chi connectivity index (χ3v) is 6.13. The lowest BCUT2D eigenvalue weighted by Gasteiger charge is -2.30. The molecule has 1 fully saturated rings. The lowest BCUT2D eigenvalue weighted by molar-refractivity contribution is -0.137. The minimum Gasteiger partial charge on any atom is -0.351 e. The molecule has 3 rings (SSSR count). The molecule has 0 atom stereocenters. The van der Waals surface area contributed by atoms with Crippen molar-refractivity contribution in [3.05, 3.63) is 28.4 Å². The topological polar surface area (TPSA) is 75.2 Å². The van der Waals surface area contributed by atoms with Crippen LogP contribution in [0.5, 0.6) is 0 Å². The first-order chi connectivity index (χ1) is 12.0. The maximum absolute atomic E-state index is 12.9. The number of sulfonamides is 1. The molecule has 0 unspecified atom stereocenters. The molecule has 11 heteroatoms. The van der Waals surface area contributed by atoms with E-state index in [1.54, 1.807) is 0 Å². The number of nitrogens with one attached hydrogen (secondary N) is 1. The molecule has 142 valence electrons. The molecule has 0 radical (unpaired) electrons. The van der Waals surface area contributed by atoms with Crippen LogP contribution >= 0.6 is 15.9 Å². The zero-order chi connectivity index (χ0) is 19.1. The molecule has 1 aromatic heterocycles. The second kappa shape index (κ2) is 6.93. The first kappa shape index (κ1) is 19.3. The predicted octanol–water partition coefficient (Wildman–Crippen LogP) is 3.25. The molecule has 1 aromatic carbocycles. The molecule has 26 heavy (non-hydrogen) atoms. The second-order valence-electron chi connectivity index (χ2n) is 6.17. The Labute approximate surface area is 157 Å². The van der Waals surface area contributed by atoms with Gasteiger partial charge in [0.2, 0.25) is 16.0 Å². The molecule has 6 nitrogen and oxygen atoms in total. The van der Waals surface area contributed by atoms with Gasteiger partial charge in [-0.2, -0.15) is 13.2 Å². The Bertz CT molecular complexity index is 928. The van der Waals surface area contributed by atoms with Gasteiger partial charge in [-0.25, -0.2) is 22.7 Å². The molecular formula is C15H16BrF3N4O2S.